The minimum atomic E-state index is -0.0144. The molecule has 3 saturated heterocycles. The second kappa shape index (κ2) is 9.25. The Hall–Kier alpha value is -1.14. The van der Waals surface area contributed by atoms with Crippen LogP contribution in [0.4, 0.5) is 0 Å². The monoisotopic (exact) mass is 444 g/mol. The van der Waals surface area contributed by atoms with Crippen molar-refractivity contribution in [3.05, 3.63) is 0 Å². The summed E-state index contributed by atoms with van der Waals surface area (Å²) in [4.78, 5) is 28.6. The highest BCUT2D eigenvalue weighted by molar-refractivity contribution is 5.82. The van der Waals surface area contributed by atoms with E-state index in [-0.39, 0.29) is 23.9 Å². The van der Waals surface area contributed by atoms with E-state index in [4.69, 9.17) is 0 Å². The second-order valence-corrected chi connectivity index (χ2v) is 11.9. The first-order chi connectivity index (χ1) is 15.4. The molecule has 6 nitrogen and oxygen atoms in total. The molecule has 0 aromatic rings. The summed E-state index contributed by atoms with van der Waals surface area (Å²) < 4.78 is 0. The Bertz CT molecular complexity index is 700. The van der Waals surface area contributed by atoms with Crippen molar-refractivity contribution in [3.8, 4) is 0 Å². The molecule has 10 atom stereocenters. The third kappa shape index (κ3) is 4.34. The Kier molecular flexibility index (Phi) is 6.54. The van der Waals surface area contributed by atoms with Crippen LogP contribution in [0.1, 0.15) is 78.1 Å². The fourth-order valence-electron chi connectivity index (χ4n) is 7.92. The van der Waals surface area contributed by atoms with Gasteiger partial charge in [-0.25, -0.2) is 0 Å². The van der Waals surface area contributed by atoms with E-state index in [9.17, 15) is 9.59 Å². The first-order valence-electron chi connectivity index (χ1n) is 13.5. The highest BCUT2D eigenvalue weighted by Gasteiger charge is 2.47. The lowest BCUT2D eigenvalue weighted by Crippen LogP contribution is -2.60. The van der Waals surface area contributed by atoms with E-state index in [1.807, 2.05) is 7.05 Å². The van der Waals surface area contributed by atoms with Crippen LogP contribution in [0.15, 0.2) is 0 Å². The highest BCUT2D eigenvalue weighted by Crippen LogP contribution is 2.43. The van der Waals surface area contributed by atoms with Crippen molar-refractivity contribution >= 4 is 11.8 Å². The van der Waals surface area contributed by atoms with Crippen LogP contribution in [0.5, 0.6) is 0 Å². The summed E-state index contributed by atoms with van der Waals surface area (Å²) in [6.07, 6.45) is 11.3. The molecule has 0 aromatic heterocycles. The Morgan fingerprint density at radius 1 is 1.00 bits per heavy atom. The molecule has 32 heavy (non-hydrogen) atoms. The van der Waals surface area contributed by atoms with Crippen molar-refractivity contribution in [2.75, 3.05) is 13.6 Å². The van der Waals surface area contributed by atoms with Gasteiger partial charge in [0, 0.05) is 43.7 Å². The van der Waals surface area contributed by atoms with Crippen LogP contribution in [-0.2, 0) is 9.59 Å². The van der Waals surface area contributed by atoms with Gasteiger partial charge in [-0.3, -0.25) is 9.59 Å². The van der Waals surface area contributed by atoms with Gasteiger partial charge in [-0.15, -0.1) is 0 Å². The molecule has 3 N–H and O–H groups in total. The standard InChI is InChI=1S/C26H44N4O2/c1-15-8-9-19(28-25(31)23-12-17-6-4-5-7-22(17)29-23)13-20(15)21-11-18-14-27-16(2)10-24(18)30(3)26(21)32/h15-24,27,29H,4-14H2,1-3H3,(H,28,31). The Labute approximate surface area is 194 Å². The third-order valence-corrected chi connectivity index (χ3v) is 9.89. The summed E-state index contributed by atoms with van der Waals surface area (Å²) in [7, 11) is 2.03. The van der Waals surface area contributed by atoms with Gasteiger partial charge in [-0.1, -0.05) is 19.8 Å². The van der Waals surface area contributed by atoms with Crippen LogP contribution in [0.3, 0.4) is 0 Å². The topological polar surface area (TPSA) is 73.5 Å². The van der Waals surface area contributed by atoms with Gasteiger partial charge in [0.15, 0.2) is 0 Å². The van der Waals surface area contributed by atoms with E-state index in [1.165, 1.54) is 25.7 Å². The third-order valence-electron chi connectivity index (χ3n) is 9.89. The van der Waals surface area contributed by atoms with Crippen LogP contribution in [0.2, 0.25) is 0 Å². The Morgan fingerprint density at radius 2 is 1.81 bits per heavy atom. The van der Waals surface area contributed by atoms with E-state index in [1.54, 1.807) is 0 Å². The summed E-state index contributed by atoms with van der Waals surface area (Å²) in [5, 5.41) is 10.7. The van der Waals surface area contributed by atoms with Gasteiger partial charge in [0.1, 0.15) is 0 Å². The highest BCUT2D eigenvalue weighted by atomic mass is 16.2. The van der Waals surface area contributed by atoms with Crippen LogP contribution >= 0.6 is 0 Å². The summed E-state index contributed by atoms with van der Waals surface area (Å²) in [6, 6.07) is 1.63. The fraction of sp³-hybridized carbons (Fsp3) is 0.923. The number of rotatable bonds is 3. The number of hydrogen-bond acceptors (Lipinski definition) is 4. The second-order valence-electron chi connectivity index (χ2n) is 11.9. The van der Waals surface area contributed by atoms with Crippen molar-refractivity contribution in [2.45, 2.75) is 108 Å². The number of fused-ring (bicyclic) bond motifs is 2. The molecule has 6 heteroatoms. The quantitative estimate of drug-likeness (QED) is 0.626. The lowest BCUT2D eigenvalue weighted by Gasteiger charge is -2.50. The summed E-state index contributed by atoms with van der Waals surface area (Å²) >= 11 is 0. The lowest BCUT2D eigenvalue weighted by molar-refractivity contribution is -0.148. The van der Waals surface area contributed by atoms with Gasteiger partial charge in [0.25, 0.3) is 0 Å². The van der Waals surface area contributed by atoms with Gasteiger partial charge in [0.05, 0.1) is 6.04 Å². The molecule has 0 spiro atoms. The maximum absolute atomic E-state index is 13.4. The van der Waals surface area contributed by atoms with Gasteiger partial charge < -0.3 is 20.9 Å². The minimum Gasteiger partial charge on any atom is -0.352 e. The molecule has 3 heterocycles. The van der Waals surface area contributed by atoms with Gasteiger partial charge in [0.2, 0.25) is 11.8 Å². The van der Waals surface area contributed by atoms with E-state index in [0.717, 1.165) is 45.1 Å². The number of amides is 2. The van der Waals surface area contributed by atoms with E-state index in [0.29, 0.717) is 47.7 Å². The predicted octanol–water partition coefficient (Wildman–Crippen LogP) is 2.67. The van der Waals surface area contributed by atoms with Crippen molar-refractivity contribution in [1.29, 1.82) is 0 Å². The van der Waals surface area contributed by atoms with Crippen LogP contribution in [-0.4, -0.2) is 60.5 Å². The number of nitrogens with zero attached hydrogens (tertiary/aromatic N) is 1. The lowest BCUT2D eigenvalue weighted by atomic mass is 9.65. The Balaban J connectivity index is 1.21. The molecule has 2 amide bonds. The van der Waals surface area contributed by atoms with Crippen LogP contribution in [0.25, 0.3) is 0 Å². The molecule has 0 aromatic carbocycles. The Morgan fingerprint density at radius 3 is 2.62 bits per heavy atom. The maximum atomic E-state index is 13.4. The van der Waals surface area contributed by atoms with Gasteiger partial charge in [-0.2, -0.15) is 0 Å². The van der Waals surface area contributed by atoms with Gasteiger partial charge >= 0.3 is 0 Å². The summed E-state index contributed by atoms with van der Waals surface area (Å²) in [6.45, 7) is 5.58. The molecule has 180 valence electrons. The largest absolute Gasteiger partial charge is 0.352 e. The van der Waals surface area contributed by atoms with Crippen LogP contribution < -0.4 is 16.0 Å². The number of carbonyl (C=O) groups is 2. The summed E-state index contributed by atoms with van der Waals surface area (Å²) in [5.41, 5.74) is 0. The molecule has 0 radical (unpaired) electrons. The SMILES string of the molecule is CC1CC2C(CN1)CC(C1CC(NC(=O)C3CC4CCCCC4N3)CCC1C)C(=O)N2C. The van der Waals surface area contributed by atoms with Gasteiger partial charge in [-0.05, 0) is 82.0 Å². The minimum absolute atomic E-state index is 0.0144. The maximum Gasteiger partial charge on any atom is 0.237 e. The first kappa shape index (κ1) is 22.6. The number of piperidine rings is 2. The van der Waals surface area contributed by atoms with Crippen molar-refractivity contribution < 1.29 is 9.59 Å². The number of likely N-dealkylation sites (tertiary alicyclic amines) is 1. The van der Waals surface area contributed by atoms with Crippen molar-refractivity contribution in [2.24, 2.45) is 29.6 Å². The number of hydrogen-bond donors (Lipinski definition) is 3. The summed E-state index contributed by atoms with van der Waals surface area (Å²) in [5.74, 6) is 2.84. The van der Waals surface area contributed by atoms with E-state index in [2.05, 4.69) is 34.7 Å². The fourth-order valence-corrected chi connectivity index (χ4v) is 7.92. The van der Waals surface area contributed by atoms with Crippen molar-refractivity contribution in [1.82, 2.24) is 20.9 Å². The molecular weight excluding hydrogens is 400 g/mol. The molecule has 5 aliphatic rings. The zero-order chi connectivity index (χ0) is 22.4. The predicted molar refractivity (Wildman–Crippen MR) is 126 cm³/mol. The zero-order valence-corrected chi connectivity index (χ0v) is 20.3. The molecular formula is C26H44N4O2. The normalized spacial score (nSPS) is 47.0. The van der Waals surface area contributed by atoms with Crippen LogP contribution in [0, 0.1) is 29.6 Å². The number of carbonyl (C=O) groups excluding carboxylic acids is 2. The van der Waals surface area contributed by atoms with E-state index >= 15 is 0 Å². The molecule has 5 rings (SSSR count). The first-order valence-corrected chi connectivity index (χ1v) is 13.5. The molecule has 2 saturated carbocycles. The average molecular weight is 445 g/mol. The average Bonchev–Trinajstić information content (AvgIpc) is 3.23. The molecule has 3 aliphatic heterocycles. The molecule has 0 bridgehead atoms. The van der Waals surface area contributed by atoms with E-state index < -0.39 is 0 Å². The van der Waals surface area contributed by atoms with Crippen molar-refractivity contribution in [3.63, 3.8) is 0 Å². The number of nitrogens with one attached hydrogen (secondary N) is 3. The molecule has 2 aliphatic carbocycles. The molecule has 5 fully saturated rings. The zero-order valence-electron chi connectivity index (χ0n) is 20.3. The smallest absolute Gasteiger partial charge is 0.237 e. The molecule has 10 unspecified atom stereocenters.